The summed E-state index contributed by atoms with van der Waals surface area (Å²) in [7, 11) is 0. The molecule has 0 aliphatic heterocycles. The van der Waals surface area contributed by atoms with Crippen molar-refractivity contribution in [3.63, 3.8) is 0 Å². The lowest BCUT2D eigenvalue weighted by molar-refractivity contribution is 0.00764. The van der Waals surface area contributed by atoms with E-state index in [2.05, 4.69) is 13.2 Å². The van der Waals surface area contributed by atoms with E-state index >= 15 is 0 Å². The molecule has 0 bridgehead atoms. The molecular formula is C23H24O4. The molecule has 0 saturated carbocycles. The summed E-state index contributed by atoms with van der Waals surface area (Å²) in [5, 5.41) is 0. The van der Waals surface area contributed by atoms with Gasteiger partial charge in [-0.1, -0.05) is 49.6 Å². The van der Waals surface area contributed by atoms with Gasteiger partial charge in [-0.2, -0.15) is 0 Å². The Morgan fingerprint density at radius 1 is 0.778 bits per heavy atom. The molecule has 140 valence electrons. The molecule has 4 heteroatoms. The molecule has 2 aromatic carbocycles. The minimum absolute atomic E-state index is 0.387. The molecule has 0 radical (unpaired) electrons. The quantitative estimate of drug-likeness (QED) is 0.608. The topological polar surface area (TPSA) is 52.6 Å². The minimum atomic E-state index is -0.406. The number of hydrogen-bond acceptors (Lipinski definition) is 4. The molecule has 27 heavy (non-hydrogen) atoms. The molecule has 0 unspecified atom stereocenters. The maximum atomic E-state index is 12.2. The van der Waals surface area contributed by atoms with Crippen LogP contribution in [0.15, 0.2) is 61.7 Å². The summed E-state index contributed by atoms with van der Waals surface area (Å²) in [4.78, 5) is 24.4. The van der Waals surface area contributed by atoms with Gasteiger partial charge in [0.15, 0.2) is 0 Å². The zero-order valence-electron chi connectivity index (χ0n) is 15.7. The van der Waals surface area contributed by atoms with E-state index in [4.69, 9.17) is 9.47 Å². The van der Waals surface area contributed by atoms with Crippen molar-refractivity contribution in [3.05, 3.63) is 83.9 Å². The number of esters is 2. The van der Waals surface area contributed by atoms with Crippen molar-refractivity contribution in [3.8, 4) is 0 Å². The highest BCUT2D eigenvalue weighted by molar-refractivity contribution is 5.90. The predicted molar refractivity (Wildman–Crippen MR) is 107 cm³/mol. The standard InChI is InChI=1S/C23H24O4/c1-5-18-7-11-20(12-8-18)22(24)26-16(3)15-17(4)27-23(25)21-13-9-19(6-2)10-14-21/h5-14,16-17H,1-2,15H2,3-4H3/t16-,17+. The first kappa shape index (κ1) is 20.2. The number of rotatable bonds is 8. The number of carbonyl (C=O) groups excluding carboxylic acids is 2. The van der Waals surface area contributed by atoms with E-state index in [0.29, 0.717) is 17.5 Å². The third-order valence-corrected chi connectivity index (χ3v) is 4.04. The predicted octanol–water partition coefficient (Wildman–Crippen LogP) is 5.15. The maximum Gasteiger partial charge on any atom is 0.338 e. The van der Waals surface area contributed by atoms with E-state index in [0.717, 1.165) is 11.1 Å². The summed E-state index contributed by atoms with van der Waals surface area (Å²) in [6, 6.07) is 14.0. The lowest BCUT2D eigenvalue weighted by atomic mass is 10.1. The van der Waals surface area contributed by atoms with E-state index in [9.17, 15) is 9.59 Å². The summed E-state index contributed by atoms with van der Waals surface area (Å²) in [6.07, 6.45) is 3.05. The molecule has 0 heterocycles. The van der Waals surface area contributed by atoms with Crippen molar-refractivity contribution < 1.29 is 19.1 Å². The second kappa shape index (κ2) is 9.53. The first-order valence-corrected chi connectivity index (χ1v) is 8.80. The van der Waals surface area contributed by atoms with Crippen LogP contribution in [-0.2, 0) is 9.47 Å². The van der Waals surface area contributed by atoms with Crippen molar-refractivity contribution in [2.75, 3.05) is 0 Å². The zero-order chi connectivity index (χ0) is 19.8. The van der Waals surface area contributed by atoms with Gasteiger partial charge in [-0.15, -0.1) is 0 Å². The van der Waals surface area contributed by atoms with Crippen LogP contribution in [0.3, 0.4) is 0 Å². The van der Waals surface area contributed by atoms with Gasteiger partial charge in [-0.25, -0.2) is 9.59 Å². The van der Waals surface area contributed by atoms with E-state index in [1.165, 1.54) is 0 Å². The Balaban J connectivity index is 1.85. The fourth-order valence-corrected chi connectivity index (χ4v) is 2.58. The van der Waals surface area contributed by atoms with Crippen LogP contribution in [-0.4, -0.2) is 24.1 Å². The third-order valence-electron chi connectivity index (χ3n) is 4.04. The number of carbonyl (C=O) groups is 2. The average molecular weight is 364 g/mol. The largest absolute Gasteiger partial charge is 0.459 e. The van der Waals surface area contributed by atoms with Crippen LogP contribution in [0, 0.1) is 0 Å². The average Bonchev–Trinajstić information content (AvgIpc) is 2.67. The van der Waals surface area contributed by atoms with E-state index < -0.39 is 11.9 Å². The molecule has 0 amide bonds. The van der Waals surface area contributed by atoms with Gasteiger partial charge in [0.05, 0.1) is 11.1 Å². The molecular weight excluding hydrogens is 340 g/mol. The van der Waals surface area contributed by atoms with Gasteiger partial charge < -0.3 is 9.47 Å². The molecule has 0 saturated heterocycles. The number of ether oxygens (including phenoxy) is 2. The normalized spacial score (nSPS) is 12.5. The highest BCUT2D eigenvalue weighted by Gasteiger charge is 2.18. The minimum Gasteiger partial charge on any atom is -0.459 e. The molecule has 0 N–H and O–H groups in total. The molecule has 4 nitrogen and oxygen atoms in total. The van der Waals surface area contributed by atoms with Gasteiger partial charge >= 0.3 is 11.9 Å². The van der Waals surface area contributed by atoms with Gasteiger partial charge in [0.25, 0.3) is 0 Å². The molecule has 0 fully saturated rings. The Labute approximate surface area is 160 Å². The highest BCUT2D eigenvalue weighted by Crippen LogP contribution is 2.14. The second-order valence-corrected chi connectivity index (χ2v) is 6.32. The van der Waals surface area contributed by atoms with Crippen LogP contribution >= 0.6 is 0 Å². The Bertz CT molecular complexity index is 734. The number of benzene rings is 2. The summed E-state index contributed by atoms with van der Waals surface area (Å²) in [6.45, 7) is 10.9. The van der Waals surface area contributed by atoms with Crippen molar-refractivity contribution >= 4 is 24.1 Å². The van der Waals surface area contributed by atoms with E-state index in [1.54, 1.807) is 74.5 Å². The molecule has 0 aromatic heterocycles. The summed E-state index contributed by atoms with van der Waals surface area (Å²) < 4.78 is 10.9. The molecule has 2 rings (SSSR count). The van der Waals surface area contributed by atoms with Crippen molar-refractivity contribution in [1.29, 1.82) is 0 Å². The molecule has 2 aromatic rings. The van der Waals surface area contributed by atoms with Gasteiger partial charge in [-0.05, 0) is 49.2 Å². The van der Waals surface area contributed by atoms with Gasteiger partial charge in [0.2, 0.25) is 0 Å². The fourth-order valence-electron chi connectivity index (χ4n) is 2.58. The smallest absolute Gasteiger partial charge is 0.338 e. The maximum absolute atomic E-state index is 12.2. The van der Waals surface area contributed by atoms with Gasteiger partial charge in [0.1, 0.15) is 12.2 Å². The van der Waals surface area contributed by atoms with Crippen LogP contribution in [0.5, 0.6) is 0 Å². The Morgan fingerprint density at radius 2 is 1.11 bits per heavy atom. The summed E-state index contributed by atoms with van der Waals surface area (Å²) in [5.41, 5.74) is 2.81. The molecule has 2 atom stereocenters. The lowest BCUT2D eigenvalue weighted by Gasteiger charge is -2.18. The van der Waals surface area contributed by atoms with Crippen molar-refractivity contribution in [2.45, 2.75) is 32.5 Å². The van der Waals surface area contributed by atoms with Crippen LogP contribution in [0.1, 0.15) is 52.1 Å². The van der Waals surface area contributed by atoms with Crippen LogP contribution < -0.4 is 0 Å². The van der Waals surface area contributed by atoms with Crippen LogP contribution in [0.25, 0.3) is 12.2 Å². The highest BCUT2D eigenvalue weighted by atomic mass is 16.6. The molecule has 0 aliphatic carbocycles. The van der Waals surface area contributed by atoms with Crippen LogP contribution in [0.4, 0.5) is 0 Å². The lowest BCUT2D eigenvalue weighted by Crippen LogP contribution is -2.23. The summed E-state index contributed by atoms with van der Waals surface area (Å²) in [5.74, 6) is -0.812. The van der Waals surface area contributed by atoms with Crippen molar-refractivity contribution in [1.82, 2.24) is 0 Å². The summed E-state index contributed by atoms with van der Waals surface area (Å²) >= 11 is 0. The third kappa shape index (κ3) is 5.96. The SMILES string of the molecule is C=Cc1ccc(C(=O)O[C@H](C)C[C@H](C)OC(=O)c2ccc(C=C)cc2)cc1. The Kier molecular flexibility index (Phi) is 7.12. The molecule has 0 spiro atoms. The van der Waals surface area contributed by atoms with Crippen LogP contribution in [0.2, 0.25) is 0 Å². The van der Waals surface area contributed by atoms with E-state index in [1.807, 2.05) is 0 Å². The first-order chi connectivity index (χ1) is 12.9. The van der Waals surface area contributed by atoms with Gasteiger partial charge in [0, 0.05) is 6.42 Å². The molecule has 0 aliphatic rings. The Hall–Kier alpha value is -3.14. The zero-order valence-corrected chi connectivity index (χ0v) is 15.7. The second-order valence-electron chi connectivity index (χ2n) is 6.32. The van der Waals surface area contributed by atoms with E-state index in [-0.39, 0.29) is 12.2 Å². The van der Waals surface area contributed by atoms with Crippen molar-refractivity contribution in [2.24, 2.45) is 0 Å². The number of hydrogen-bond donors (Lipinski definition) is 0. The Morgan fingerprint density at radius 3 is 1.41 bits per heavy atom. The monoisotopic (exact) mass is 364 g/mol. The van der Waals surface area contributed by atoms with Gasteiger partial charge in [-0.3, -0.25) is 0 Å². The fraction of sp³-hybridized carbons (Fsp3) is 0.217. The first-order valence-electron chi connectivity index (χ1n) is 8.80.